The van der Waals surface area contributed by atoms with Crippen molar-refractivity contribution in [3.63, 3.8) is 0 Å². The van der Waals surface area contributed by atoms with Gasteiger partial charge in [0.05, 0.1) is 0 Å². The molecular formula is C16H16N2O2. The number of aryl methyl sites for hydroxylation is 1. The van der Waals surface area contributed by atoms with Gasteiger partial charge in [-0.3, -0.25) is 9.59 Å². The van der Waals surface area contributed by atoms with Gasteiger partial charge in [-0.05, 0) is 30.5 Å². The first-order chi connectivity index (χ1) is 9.72. The fraction of sp³-hybridized carbons (Fsp3) is 0.250. The number of fused-ring (bicyclic) bond motifs is 1. The third kappa shape index (κ3) is 2.64. The number of anilines is 1. The van der Waals surface area contributed by atoms with Gasteiger partial charge < -0.3 is 9.88 Å². The smallest absolute Gasteiger partial charge is 0.244 e. The Morgan fingerprint density at radius 2 is 1.95 bits per heavy atom. The number of nitrogens with one attached hydrogen (secondary N) is 1. The standard InChI is InChI=1S/C16H16N2O2/c19-15-8-4-5-12-9-18(10-14(12)15)11-16(20)17-13-6-2-1-3-7-13/h1-3,6-7,9-10H,4-5,8,11H2,(H,17,20). The second-order valence-corrected chi connectivity index (χ2v) is 5.06. The maximum absolute atomic E-state index is 12.0. The number of hydrogen-bond donors (Lipinski definition) is 1. The van der Waals surface area contributed by atoms with Crippen LogP contribution in [0.15, 0.2) is 42.7 Å². The van der Waals surface area contributed by atoms with Crippen molar-refractivity contribution in [3.8, 4) is 0 Å². The van der Waals surface area contributed by atoms with E-state index in [2.05, 4.69) is 5.32 Å². The van der Waals surface area contributed by atoms with Crippen LogP contribution in [0.5, 0.6) is 0 Å². The van der Waals surface area contributed by atoms with Crippen LogP contribution in [0.3, 0.4) is 0 Å². The Bertz CT molecular complexity index is 644. The van der Waals surface area contributed by atoms with Crippen molar-refractivity contribution in [1.82, 2.24) is 4.57 Å². The molecule has 0 spiro atoms. The van der Waals surface area contributed by atoms with Crippen molar-refractivity contribution in [2.75, 3.05) is 5.32 Å². The Kier molecular flexibility index (Phi) is 3.37. The molecule has 0 bridgehead atoms. The highest BCUT2D eigenvalue weighted by atomic mass is 16.2. The van der Waals surface area contributed by atoms with Gasteiger partial charge in [0, 0.05) is 30.1 Å². The van der Waals surface area contributed by atoms with E-state index in [1.54, 1.807) is 10.8 Å². The van der Waals surface area contributed by atoms with E-state index >= 15 is 0 Å². The first kappa shape index (κ1) is 12.7. The molecule has 4 nitrogen and oxygen atoms in total. The average Bonchev–Trinajstić information content (AvgIpc) is 2.83. The van der Waals surface area contributed by atoms with Crippen LogP contribution in [-0.4, -0.2) is 16.3 Å². The van der Waals surface area contributed by atoms with Crippen molar-refractivity contribution in [1.29, 1.82) is 0 Å². The number of carbonyl (C=O) groups excluding carboxylic acids is 2. The van der Waals surface area contributed by atoms with E-state index in [1.165, 1.54) is 0 Å². The first-order valence-corrected chi connectivity index (χ1v) is 6.79. The molecule has 1 N–H and O–H groups in total. The van der Waals surface area contributed by atoms with E-state index in [4.69, 9.17) is 0 Å². The van der Waals surface area contributed by atoms with Crippen LogP contribution in [0, 0.1) is 0 Å². The van der Waals surface area contributed by atoms with Gasteiger partial charge in [-0.15, -0.1) is 0 Å². The lowest BCUT2D eigenvalue weighted by molar-refractivity contribution is -0.116. The molecule has 0 saturated heterocycles. The predicted molar refractivity (Wildman–Crippen MR) is 76.8 cm³/mol. The Balaban J connectivity index is 1.69. The number of aromatic nitrogens is 1. The molecule has 1 aliphatic carbocycles. The van der Waals surface area contributed by atoms with Crippen LogP contribution in [-0.2, 0) is 17.8 Å². The molecule has 1 heterocycles. The minimum Gasteiger partial charge on any atom is -0.344 e. The molecule has 1 amide bonds. The number of ketones is 1. The normalized spacial score (nSPS) is 13.9. The van der Waals surface area contributed by atoms with Crippen LogP contribution in [0.2, 0.25) is 0 Å². The van der Waals surface area contributed by atoms with E-state index in [0.29, 0.717) is 6.42 Å². The van der Waals surface area contributed by atoms with Crippen molar-refractivity contribution < 1.29 is 9.59 Å². The highest BCUT2D eigenvalue weighted by Gasteiger charge is 2.19. The molecule has 0 unspecified atom stereocenters. The van der Waals surface area contributed by atoms with Crippen LogP contribution in [0.1, 0.15) is 28.8 Å². The molecular weight excluding hydrogens is 252 g/mol. The largest absolute Gasteiger partial charge is 0.344 e. The van der Waals surface area contributed by atoms with E-state index < -0.39 is 0 Å². The topological polar surface area (TPSA) is 51.1 Å². The van der Waals surface area contributed by atoms with E-state index in [9.17, 15) is 9.59 Å². The molecule has 0 saturated carbocycles. The van der Waals surface area contributed by atoms with E-state index in [1.807, 2.05) is 36.5 Å². The number of para-hydroxylation sites is 1. The lowest BCUT2D eigenvalue weighted by Crippen LogP contribution is -2.17. The molecule has 2 aromatic rings. The molecule has 102 valence electrons. The van der Waals surface area contributed by atoms with Gasteiger partial charge in [0.25, 0.3) is 0 Å². The van der Waals surface area contributed by atoms with Gasteiger partial charge in [0.2, 0.25) is 5.91 Å². The second kappa shape index (κ2) is 5.33. The Morgan fingerprint density at radius 1 is 1.15 bits per heavy atom. The molecule has 0 atom stereocenters. The fourth-order valence-electron chi connectivity index (χ4n) is 2.56. The first-order valence-electron chi connectivity index (χ1n) is 6.79. The van der Waals surface area contributed by atoms with Crippen molar-refractivity contribution in [2.45, 2.75) is 25.8 Å². The number of rotatable bonds is 3. The molecule has 4 heteroatoms. The molecule has 3 rings (SSSR count). The van der Waals surface area contributed by atoms with Crippen molar-refractivity contribution in [3.05, 3.63) is 53.9 Å². The minimum atomic E-state index is -0.0870. The molecule has 0 radical (unpaired) electrons. The number of amides is 1. The van der Waals surface area contributed by atoms with Crippen LogP contribution < -0.4 is 5.32 Å². The van der Waals surface area contributed by atoms with Crippen LogP contribution >= 0.6 is 0 Å². The van der Waals surface area contributed by atoms with E-state index in [-0.39, 0.29) is 18.2 Å². The Hall–Kier alpha value is -2.36. The minimum absolute atomic E-state index is 0.0870. The number of Topliss-reactive ketones (excluding diaryl/α,β-unsaturated/α-hetero) is 1. The lowest BCUT2D eigenvalue weighted by Gasteiger charge is -2.07. The van der Waals surface area contributed by atoms with E-state index in [0.717, 1.165) is 29.7 Å². The molecule has 1 aromatic carbocycles. The van der Waals surface area contributed by atoms with Crippen molar-refractivity contribution >= 4 is 17.4 Å². The Morgan fingerprint density at radius 3 is 2.70 bits per heavy atom. The van der Waals surface area contributed by atoms with Crippen molar-refractivity contribution in [2.24, 2.45) is 0 Å². The van der Waals surface area contributed by atoms with Gasteiger partial charge in [0.1, 0.15) is 6.54 Å². The zero-order chi connectivity index (χ0) is 13.9. The van der Waals surface area contributed by atoms with Gasteiger partial charge in [-0.1, -0.05) is 18.2 Å². The summed E-state index contributed by atoms with van der Waals surface area (Å²) in [7, 11) is 0. The maximum atomic E-state index is 12.0. The highest BCUT2D eigenvalue weighted by Crippen LogP contribution is 2.22. The number of hydrogen-bond acceptors (Lipinski definition) is 2. The molecule has 1 aliphatic rings. The summed E-state index contributed by atoms with van der Waals surface area (Å²) in [6, 6.07) is 9.36. The summed E-state index contributed by atoms with van der Waals surface area (Å²) in [4.78, 5) is 23.7. The summed E-state index contributed by atoms with van der Waals surface area (Å²) in [5.74, 6) is 0.101. The van der Waals surface area contributed by atoms with Crippen LogP contribution in [0.4, 0.5) is 5.69 Å². The SMILES string of the molecule is O=C(Cn1cc2c(c1)C(=O)CCC2)Nc1ccccc1. The lowest BCUT2D eigenvalue weighted by atomic mass is 9.95. The third-order valence-electron chi connectivity index (χ3n) is 3.50. The summed E-state index contributed by atoms with van der Waals surface area (Å²) < 4.78 is 1.80. The highest BCUT2D eigenvalue weighted by molar-refractivity contribution is 5.98. The molecule has 1 aromatic heterocycles. The molecule has 0 fully saturated rings. The summed E-state index contributed by atoms with van der Waals surface area (Å²) in [5, 5.41) is 2.84. The summed E-state index contributed by atoms with van der Waals surface area (Å²) in [6.45, 7) is 0.231. The summed E-state index contributed by atoms with van der Waals surface area (Å²) in [5.41, 5.74) is 2.63. The van der Waals surface area contributed by atoms with Gasteiger partial charge in [-0.2, -0.15) is 0 Å². The maximum Gasteiger partial charge on any atom is 0.244 e. The summed E-state index contributed by atoms with van der Waals surface area (Å²) in [6.07, 6.45) is 6.16. The summed E-state index contributed by atoms with van der Waals surface area (Å²) >= 11 is 0. The van der Waals surface area contributed by atoms with Gasteiger partial charge in [0.15, 0.2) is 5.78 Å². The quantitative estimate of drug-likeness (QED) is 0.930. The predicted octanol–water partition coefficient (Wildman–Crippen LogP) is 2.65. The van der Waals surface area contributed by atoms with Gasteiger partial charge >= 0.3 is 0 Å². The fourth-order valence-corrected chi connectivity index (χ4v) is 2.56. The molecule has 0 aliphatic heterocycles. The third-order valence-corrected chi connectivity index (χ3v) is 3.50. The monoisotopic (exact) mass is 268 g/mol. The zero-order valence-corrected chi connectivity index (χ0v) is 11.1. The second-order valence-electron chi connectivity index (χ2n) is 5.06. The van der Waals surface area contributed by atoms with Gasteiger partial charge in [-0.25, -0.2) is 0 Å². The van der Waals surface area contributed by atoms with Crippen LogP contribution in [0.25, 0.3) is 0 Å². The zero-order valence-electron chi connectivity index (χ0n) is 11.1. The number of benzene rings is 1. The average molecular weight is 268 g/mol. The number of nitrogens with zero attached hydrogens (tertiary/aromatic N) is 1. The Labute approximate surface area is 117 Å². The molecule has 20 heavy (non-hydrogen) atoms. The number of carbonyl (C=O) groups is 2.